The monoisotopic (exact) mass is 245 g/mol. The molecule has 1 aromatic rings. The van der Waals surface area contributed by atoms with Gasteiger partial charge in [-0.25, -0.2) is 0 Å². The molecule has 0 aliphatic rings. The summed E-state index contributed by atoms with van der Waals surface area (Å²) in [4.78, 5) is 25.1. The number of rotatable bonds is 6. The van der Waals surface area contributed by atoms with Crippen molar-refractivity contribution >= 4 is 23.6 Å². The lowest BCUT2D eigenvalue weighted by Crippen LogP contribution is -2.18. The van der Waals surface area contributed by atoms with E-state index in [-0.39, 0.29) is 12.3 Å². The van der Waals surface area contributed by atoms with Crippen LogP contribution in [0.3, 0.4) is 0 Å². The Morgan fingerprint density at radius 1 is 1.56 bits per heavy atom. The minimum Gasteiger partial charge on any atom is -0.481 e. The molecule has 7 nitrogen and oxygen atoms in total. The second-order valence-electron chi connectivity index (χ2n) is 2.79. The molecule has 0 radical (unpaired) electrons. The Morgan fingerprint density at radius 2 is 2.31 bits per heavy atom. The molecular formula is C8H11N3O4S. The molecule has 0 saturated carbocycles. The summed E-state index contributed by atoms with van der Waals surface area (Å²) in [6.07, 6.45) is 0.0881. The third kappa shape index (κ3) is 3.89. The number of aliphatic carboxylic acids is 1. The summed E-state index contributed by atoms with van der Waals surface area (Å²) in [6.45, 7) is 0. The molecule has 0 spiro atoms. The average molecular weight is 245 g/mol. The molecule has 8 heteroatoms. The zero-order valence-corrected chi connectivity index (χ0v) is 9.41. The summed E-state index contributed by atoms with van der Waals surface area (Å²) in [5, 5.41) is 14.3. The van der Waals surface area contributed by atoms with E-state index in [1.165, 1.54) is 18.8 Å². The summed E-state index contributed by atoms with van der Waals surface area (Å²) in [7, 11) is 1.47. The van der Waals surface area contributed by atoms with Gasteiger partial charge in [0.05, 0.1) is 12.2 Å². The summed E-state index contributed by atoms with van der Waals surface area (Å²) in [5.41, 5.74) is 0. The summed E-state index contributed by atoms with van der Waals surface area (Å²) >= 11 is 1.37. The SMILES string of the molecule is CNC(=O)c1nc(CSCCC(=O)O)no1. The molecule has 88 valence electrons. The lowest BCUT2D eigenvalue weighted by atomic mass is 10.5. The number of carboxylic acid groups (broad SMARTS) is 1. The van der Waals surface area contributed by atoms with Crippen LogP contribution in [0.4, 0.5) is 0 Å². The van der Waals surface area contributed by atoms with E-state index in [2.05, 4.69) is 15.5 Å². The first kappa shape index (κ1) is 12.5. The lowest BCUT2D eigenvalue weighted by molar-refractivity contribution is -0.136. The van der Waals surface area contributed by atoms with Gasteiger partial charge >= 0.3 is 17.8 Å². The van der Waals surface area contributed by atoms with Crippen molar-refractivity contribution in [2.75, 3.05) is 12.8 Å². The number of carboxylic acids is 1. The predicted molar refractivity (Wildman–Crippen MR) is 56.1 cm³/mol. The first-order chi connectivity index (χ1) is 7.63. The summed E-state index contributed by atoms with van der Waals surface area (Å²) < 4.78 is 4.69. The van der Waals surface area contributed by atoms with Gasteiger partial charge in [-0.2, -0.15) is 16.7 Å². The van der Waals surface area contributed by atoms with Crippen LogP contribution in [0.15, 0.2) is 4.52 Å². The maximum absolute atomic E-state index is 11.1. The number of nitrogens with one attached hydrogen (secondary N) is 1. The predicted octanol–water partition coefficient (Wildman–Crippen LogP) is 0.137. The van der Waals surface area contributed by atoms with E-state index < -0.39 is 11.9 Å². The number of hydrogen-bond acceptors (Lipinski definition) is 6. The minimum absolute atomic E-state index is 0.0867. The number of carbonyl (C=O) groups is 2. The highest BCUT2D eigenvalue weighted by Crippen LogP contribution is 2.10. The fraction of sp³-hybridized carbons (Fsp3) is 0.500. The summed E-state index contributed by atoms with van der Waals surface area (Å²) in [6, 6.07) is 0. The van der Waals surface area contributed by atoms with Crippen LogP contribution in [0.2, 0.25) is 0 Å². The molecule has 0 unspecified atom stereocenters. The highest BCUT2D eigenvalue weighted by molar-refractivity contribution is 7.98. The minimum atomic E-state index is -0.841. The van der Waals surface area contributed by atoms with Crippen molar-refractivity contribution in [1.82, 2.24) is 15.5 Å². The molecule has 16 heavy (non-hydrogen) atoms. The quantitative estimate of drug-likeness (QED) is 0.686. The zero-order valence-electron chi connectivity index (χ0n) is 8.60. The third-order valence-electron chi connectivity index (χ3n) is 1.58. The normalized spacial score (nSPS) is 10.1. The van der Waals surface area contributed by atoms with Crippen molar-refractivity contribution in [2.45, 2.75) is 12.2 Å². The zero-order chi connectivity index (χ0) is 12.0. The molecular weight excluding hydrogens is 234 g/mol. The van der Waals surface area contributed by atoms with Gasteiger partial charge in [0.25, 0.3) is 0 Å². The molecule has 1 amide bonds. The Balaban J connectivity index is 2.35. The number of aromatic nitrogens is 2. The van der Waals surface area contributed by atoms with Crippen LogP contribution in [0.1, 0.15) is 22.9 Å². The van der Waals surface area contributed by atoms with E-state index in [0.717, 1.165) is 0 Å². The Bertz CT molecular complexity index is 379. The van der Waals surface area contributed by atoms with Crippen molar-refractivity contribution in [1.29, 1.82) is 0 Å². The summed E-state index contributed by atoms with van der Waals surface area (Å²) in [5.74, 6) is -0.0845. The maximum atomic E-state index is 11.1. The van der Waals surface area contributed by atoms with Gasteiger partial charge in [0.1, 0.15) is 0 Å². The van der Waals surface area contributed by atoms with Gasteiger partial charge in [-0.05, 0) is 0 Å². The third-order valence-corrected chi connectivity index (χ3v) is 2.54. The van der Waals surface area contributed by atoms with E-state index in [1.807, 2.05) is 0 Å². The number of carbonyl (C=O) groups excluding carboxylic acids is 1. The van der Waals surface area contributed by atoms with Gasteiger partial charge in [-0.3, -0.25) is 9.59 Å². The van der Waals surface area contributed by atoms with Crippen LogP contribution in [0, 0.1) is 0 Å². The van der Waals surface area contributed by atoms with Crippen LogP contribution < -0.4 is 5.32 Å². The molecule has 0 bridgehead atoms. The second-order valence-corrected chi connectivity index (χ2v) is 3.90. The standard InChI is InChI=1S/C8H11N3O4S/c1-9-7(14)8-10-5(11-15-8)4-16-3-2-6(12)13/h2-4H2,1H3,(H,9,14)(H,12,13). The molecule has 0 saturated heterocycles. The van der Waals surface area contributed by atoms with Gasteiger partial charge in [0.15, 0.2) is 5.82 Å². The molecule has 0 aliphatic carbocycles. The Morgan fingerprint density at radius 3 is 2.94 bits per heavy atom. The Labute approximate surface area is 95.6 Å². The Hall–Kier alpha value is -1.57. The molecule has 0 atom stereocenters. The molecule has 0 aromatic carbocycles. The van der Waals surface area contributed by atoms with Gasteiger partial charge in [-0.1, -0.05) is 5.16 Å². The van der Waals surface area contributed by atoms with E-state index in [1.54, 1.807) is 0 Å². The van der Waals surface area contributed by atoms with Gasteiger partial charge in [0, 0.05) is 12.8 Å². The van der Waals surface area contributed by atoms with Crippen molar-refractivity contribution in [2.24, 2.45) is 0 Å². The number of thioether (sulfide) groups is 1. The molecule has 0 fully saturated rings. The number of amides is 1. The average Bonchev–Trinajstić information content (AvgIpc) is 2.71. The second kappa shape index (κ2) is 6.11. The highest BCUT2D eigenvalue weighted by atomic mass is 32.2. The molecule has 1 heterocycles. The fourth-order valence-corrected chi connectivity index (χ4v) is 1.60. The van der Waals surface area contributed by atoms with E-state index in [9.17, 15) is 9.59 Å². The van der Waals surface area contributed by atoms with Gasteiger partial charge in [0.2, 0.25) is 0 Å². The first-order valence-electron chi connectivity index (χ1n) is 4.47. The van der Waals surface area contributed by atoms with Crippen LogP contribution in [0.5, 0.6) is 0 Å². The van der Waals surface area contributed by atoms with Crippen LogP contribution in [-0.2, 0) is 10.5 Å². The Kier molecular flexibility index (Phi) is 4.77. The van der Waals surface area contributed by atoms with Gasteiger partial charge < -0.3 is 14.9 Å². The topological polar surface area (TPSA) is 105 Å². The van der Waals surface area contributed by atoms with Crippen molar-refractivity contribution in [3.63, 3.8) is 0 Å². The molecule has 0 aliphatic heterocycles. The number of hydrogen-bond donors (Lipinski definition) is 2. The molecule has 1 aromatic heterocycles. The van der Waals surface area contributed by atoms with E-state index in [4.69, 9.17) is 9.63 Å². The maximum Gasteiger partial charge on any atom is 0.315 e. The smallest absolute Gasteiger partial charge is 0.315 e. The lowest BCUT2D eigenvalue weighted by Gasteiger charge is -1.93. The van der Waals surface area contributed by atoms with Crippen molar-refractivity contribution < 1.29 is 19.2 Å². The number of nitrogens with zero attached hydrogens (tertiary/aromatic N) is 2. The van der Waals surface area contributed by atoms with E-state index >= 15 is 0 Å². The van der Waals surface area contributed by atoms with Crippen LogP contribution >= 0.6 is 11.8 Å². The first-order valence-corrected chi connectivity index (χ1v) is 5.63. The highest BCUT2D eigenvalue weighted by Gasteiger charge is 2.12. The van der Waals surface area contributed by atoms with E-state index in [0.29, 0.717) is 17.3 Å². The van der Waals surface area contributed by atoms with Crippen molar-refractivity contribution in [3.8, 4) is 0 Å². The molecule has 2 N–H and O–H groups in total. The van der Waals surface area contributed by atoms with Crippen LogP contribution in [0.25, 0.3) is 0 Å². The van der Waals surface area contributed by atoms with Crippen LogP contribution in [-0.4, -0.2) is 39.9 Å². The fourth-order valence-electron chi connectivity index (χ4n) is 0.835. The van der Waals surface area contributed by atoms with Crippen molar-refractivity contribution in [3.05, 3.63) is 11.7 Å². The largest absolute Gasteiger partial charge is 0.481 e. The molecule has 1 rings (SSSR count). The van der Waals surface area contributed by atoms with Gasteiger partial charge in [-0.15, -0.1) is 0 Å².